The Bertz CT molecular complexity index is 2160. The van der Waals surface area contributed by atoms with Crippen molar-refractivity contribution < 1.29 is 59.8 Å². The Hall–Kier alpha value is -4.89. The van der Waals surface area contributed by atoms with E-state index in [4.69, 9.17) is 27.9 Å². The van der Waals surface area contributed by atoms with Crippen molar-refractivity contribution in [2.24, 2.45) is 23.7 Å². The van der Waals surface area contributed by atoms with Gasteiger partial charge in [0.2, 0.25) is 11.8 Å². The summed E-state index contributed by atoms with van der Waals surface area (Å²) in [7, 11) is 1.31. The van der Waals surface area contributed by atoms with Crippen LogP contribution in [0.15, 0.2) is 78.4 Å². The molecule has 3 aromatic rings. The highest BCUT2D eigenvalue weighted by Gasteiger charge is 2.76. The number of ether oxygens (including phenoxy) is 1. The van der Waals surface area contributed by atoms with Crippen molar-refractivity contribution in [3.05, 3.63) is 101 Å². The van der Waals surface area contributed by atoms with Gasteiger partial charge in [-0.1, -0.05) is 29.9 Å². The minimum absolute atomic E-state index is 0.0787. The number of nitrogens with zero attached hydrogens (tertiary/aromatic N) is 2. The molecule has 282 valence electrons. The van der Waals surface area contributed by atoms with Gasteiger partial charge < -0.3 is 9.84 Å². The number of fused-ring (bicyclic) bond motifs is 4. The Morgan fingerprint density at radius 3 is 2.04 bits per heavy atom. The molecule has 3 fully saturated rings. The van der Waals surface area contributed by atoms with Crippen LogP contribution in [0.25, 0.3) is 6.08 Å². The monoisotopic (exact) mass is 796 g/mol. The summed E-state index contributed by atoms with van der Waals surface area (Å²) >= 11 is 14.5. The zero-order valence-corrected chi connectivity index (χ0v) is 29.0. The first-order valence-electron chi connectivity index (χ1n) is 16.2. The summed E-state index contributed by atoms with van der Waals surface area (Å²) in [6, 6.07) is 8.99. The number of methoxy groups -OCH3 is 1. The van der Waals surface area contributed by atoms with E-state index in [1.54, 1.807) is 0 Å². The third-order valence-corrected chi connectivity index (χ3v) is 11.9. The van der Waals surface area contributed by atoms with Crippen LogP contribution in [0.5, 0.6) is 11.5 Å². The first-order chi connectivity index (χ1) is 25.2. The van der Waals surface area contributed by atoms with Crippen LogP contribution in [0.3, 0.4) is 0 Å². The molecule has 1 saturated carbocycles. The number of phenolic OH excluding ortho intramolecular Hbond substituents is 1. The molecular weight excluding hydrogens is 772 g/mol. The highest BCUT2D eigenvalue weighted by molar-refractivity contribution is 6.58. The fourth-order valence-corrected chi connectivity index (χ4v) is 8.86. The molecule has 54 heavy (non-hydrogen) atoms. The number of carbonyl (C=O) groups excluding carboxylic acids is 4. The van der Waals surface area contributed by atoms with E-state index >= 15 is 0 Å². The number of allylic oxidation sites excluding steroid dienone is 3. The molecule has 0 bridgehead atoms. The second-order valence-corrected chi connectivity index (χ2v) is 14.6. The van der Waals surface area contributed by atoms with E-state index in [1.807, 2.05) is 0 Å². The van der Waals surface area contributed by atoms with Crippen LogP contribution in [0.4, 0.5) is 42.1 Å². The number of alkyl halides is 8. The zero-order chi connectivity index (χ0) is 39.3. The Kier molecular flexibility index (Phi) is 8.72. The number of amides is 4. The van der Waals surface area contributed by atoms with Crippen LogP contribution in [-0.2, 0) is 31.5 Å². The molecule has 17 heteroatoms. The van der Waals surface area contributed by atoms with E-state index in [2.05, 4.69) is 0 Å². The molecule has 0 unspecified atom stereocenters. The number of carbonyl (C=O) groups is 4. The Morgan fingerprint density at radius 1 is 0.815 bits per heavy atom. The number of rotatable bonds is 5. The molecule has 0 spiro atoms. The van der Waals surface area contributed by atoms with E-state index in [0.717, 1.165) is 24.3 Å². The van der Waals surface area contributed by atoms with Gasteiger partial charge in [-0.2, -0.15) is 26.3 Å². The third kappa shape index (κ3) is 5.57. The topological polar surface area (TPSA) is 104 Å². The van der Waals surface area contributed by atoms with Crippen molar-refractivity contribution in [2.45, 2.75) is 34.9 Å². The van der Waals surface area contributed by atoms with Crippen LogP contribution >= 0.6 is 23.2 Å². The number of hydrogen-bond acceptors (Lipinski definition) is 6. The van der Waals surface area contributed by atoms with Gasteiger partial charge in [0.05, 0.1) is 41.4 Å². The molecule has 7 rings (SSSR count). The molecule has 8 nitrogen and oxygen atoms in total. The quantitative estimate of drug-likeness (QED) is 0.122. The molecule has 0 radical (unpaired) electrons. The van der Waals surface area contributed by atoms with Gasteiger partial charge in [0.1, 0.15) is 5.82 Å². The summed E-state index contributed by atoms with van der Waals surface area (Å²) in [6.45, 7) is 0. The summed E-state index contributed by atoms with van der Waals surface area (Å²) in [5.74, 6) is -10.2. The Morgan fingerprint density at radius 2 is 1.44 bits per heavy atom. The Balaban J connectivity index is 1.36. The summed E-state index contributed by atoms with van der Waals surface area (Å²) < 4.78 is 102. The number of aromatic hydroxyl groups is 1. The highest BCUT2D eigenvalue weighted by Crippen LogP contribution is 2.63. The lowest BCUT2D eigenvalue weighted by molar-refractivity contribution is -0.143. The van der Waals surface area contributed by atoms with E-state index in [9.17, 15) is 55.0 Å². The van der Waals surface area contributed by atoms with Gasteiger partial charge in [0, 0.05) is 5.92 Å². The van der Waals surface area contributed by atoms with E-state index in [0.29, 0.717) is 15.4 Å². The largest absolute Gasteiger partial charge is 0.504 e. The lowest BCUT2D eigenvalue weighted by Crippen LogP contribution is -2.60. The van der Waals surface area contributed by atoms with Gasteiger partial charge in [0.25, 0.3) is 11.8 Å². The molecule has 1 N–H and O–H groups in total. The SMILES string of the molecule is COc1cc(C=C[C@H]2C3=CC[C@@H]4C(=O)N(c5cc(C(F)(F)F)cc(C(F)(F)F)c5)C(=O)[C@@H]4[C@@H]3C[C@@]3(Cl)C(=O)N(c4ccc(F)cc4)C(=O)[C@@]23Cl)ccc1O. The average molecular weight is 798 g/mol. The molecule has 0 aromatic heterocycles. The van der Waals surface area contributed by atoms with Crippen molar-refractivity contribution in [3.8, 4) is 11.5 Å². The van der Waals surface area contributed by atoms with Gasteiger partial charge in [-0.3, -0.25) is 19.2 Å². The van der Waals surface area contributed by atoms with E-state index in [1.165, 1.54) is 43.5 Å². The van der Waals surface area contributed by atoms with Crippen LogP contribution in [0.2, 0.25) is 0 Å². The zero-order valence-electron chi connectivity index (χ0n) is 27.5. The van der Waals surface area contributed by atoms with Gasteiger partial charge in [0.15, 0.2) is 21.2 Å². The highest BCUT2D eigenvalue weighted by atomic mass is 35.5. The number of hydrogen-bond donors (Lipinski definition) is 1. The lowest BCUT2D eigenvalue weighted by Gasteiger charge is -2.49. The number of benzene rings is 3. The number of phenols is 1. The predicted molar refractivity (Wildman–Crippen MR) is 180 cm³/mol. The van der Waals surface area contributed by atoms with Crippen molar-refractivity contribution in [1.82, 2.24) is 0 Å². The maximum atomic E-state index is 14.4. The first-order valence-corrected chi connectivity index (χ1v) is 16.9. The molecule has 6 atom stereocenters. The van der Waals surface area contributed by atoms with Gasteiger partial charge in [-0.05, 0) is 78.9 Å². The predicted octanol–water partition coefficient (Wildman–Crippen LogP) is 7.89. The van der Waals surface area contributed by atoms with Gasteiger partial charge in [-0.25, -0.2) is 14.2 Å². The van der Waals surface area contributed by atoms with Gasteiger partial charge in [-0.15, -0.1) is 23.2 Å². The minimum Gasteiger partial charge on any atom is -0.504 e. The summed E-state index contributed by atoms with van der Waals surface area (Å²) in [5.41, 5.74) is -3.81. The van der Waals surface area contributed by atoms with Crippen molar-refractivity contribution in [3.63, 3.8) is 0 Å². The molecule has 2 aliphatic carbocycles. The van der Waals surface area contributed by atoms with Crippen LogP contribution < -0.4 is 14.5 Å². The summed E-state index contributed by atoms with van der Waals surface area (Å²) in [6.07, 6.45) is -6.88. The van der Waals surface area contributed by atoms with E-state index in [-0.39, 0.29) is 47.4 Å². The van der Waals surface area contributed by atoms with Crippen molar-refractivity contribution in [2.75, 3.05) is 16.9 Å². The maximum absolute atomic E-state index is 14.4. The lowest BCUT2D eigenvalue weighted by atomic mass is 9.57. The number of halogens is 9. The van der Waals surface area contributed by atoms with Gasteiger partial charge >= 0.3 is 12.4 Å². The van der Waals surface area contributed by atoms with Crippen molar-refractivity contribution >= 4 is 64.3 Å². The fourth-order valence-electron chi connectivity index (χ4n) is 7.97. The Labute approximate surface area is 311 Å². The molecule has 4 aliphatic rings. The fraction of sp³-hybridized carbons (Fsp3) is 0.297. The molecule has 4 amide bonds. The second-order valence-electron chi connectivity index (χ2n) is 13.4. The molecule has 2 heterocycles. The minimum atomic E-state index is -5.27. The smallest absolute Gasteiger partial charge is 0.416 e. The summed E-state index contributed by atoms with van der Waals surface area (Å²) in [5, 5.41) is 10.1. The van der Waals surface area contributed by atoms with E-state index < -0.39 is 98.5 Å². The summed E-state index contributed by atoms with van der Waals surface area (Å²) in [4.78, 5) is 53.1. The molecule has 3 aromatic carbocycles. The third-order valence-electron chi connectivity index (χ3n) is 10.5. The van der Waals surface area contributed by atoms with Crippen LogP contribution in [-0.4, -0.2) is 45.6 Å². The van der Waals surface area contributed by atoms with Crippen LogP contribution in [0.1, 0.15) is 29.5 Å². The van der Waals surface area contributed by atoms with Crippen LogP contribution in [0, 0.1) is 29.5 Å². The molecular formula is C37H25Cl2F7N2O6. The van der Waals surface area contributed by atoms with Crippen molar-refractivity contribution in [1.29, 1.82) is 0 Å². The average Bonchev–Trinajstić information content (AvgIpc) is 3.45. The molecule has 2 aliphatic heterocycles. The maximum Gasteiger partial charge on any atom is 0.416 e. The standard InChI is InChI=1S/C37H25Cl2F7N2O6/c1-54-28-12-17(3-11-27(28)49)2-10-26-23-8-9-24-29(31(51)47(30(24)50)22-14-18(36(41,42)43)13-19(15-22)37(44,45)46)25(23)16-34(38)32(52)48(33(53)35(26,34)39)21-6-4-20(40)5-7-21/h2-8,10-15,24-26,29,49H,9,16H2,1H3/t24-,25+,26-,29-,34+,35-/m0/s1. The normalized spacial score (nSPS) is 28.4. The second kappa shape index (κ2) is 12.6. The molecule has 2 saturated heterocycles. The first kappa shape index (κ1) is 37.4. The number of imide groups is 2. The number of anilines is 2.